The molecule has 1 aromatic carbocycles. The zero-order valence-corrected chi connectivity index (χ0v) is 15.9. The molecule has 3 rings (SSSR count). The number of rotatable bonds is 8. The van der Waals surface area contributed by atoms with Crippen LogP contribution < -0.4 is 5.32 Å². The topological polar surface area (TPSA) is 84.2 Å². The number of carboxylic acid groups (broad SMARTS) is 1. The maximum atomic E-state index is 12.5. The molecule has 0 unspecified atom stereocenters. The molecule has 138 valence electrons. The molecule has 0 bridgehead atoms. The summed E-state index contributed by atoms with van der Waals surface area (Å²) in [7, 11) is 0. The average molecular weight is 394 g/mol. The Bertz CT molecular complexity index is 833. The second-order valence-corrected chi connectivity index (χ2v) is 7.78. The van der Waals surface area contributed by atoms with Gasteiger partial charge in [-0.15, -0.1) is 11.8 Å². The van der Waals surface area contributed by atoms with Crippen LogP contribution in [0.5, 0.6) is 0 Å². The zero-order chi connectivity index (χ0) is 18.7. The smallest absolute Gasteiger partial charge is 0.313 e. The molecule has 1 aliphatic rings. The largest absolute Gasteiger partial charge is 0.481 e. The van der Waals surface area contributed by atoms with Crippen molar-refractivity contribution in [3.8, 4) is 5.69 Å². The number of nitrogens with zero attached hydrogens (tertiary/aromatic N) is 2. The summed E-state index contributed by atoms with van der Waals surface area (Å²) in [5.74, 6) is -0.101. The Hall–Kier alpha value is -1.99. The summed E-state index contributed by atoms with van der Waals surface area (Å²) < 4.78 is 1.80. The normalized spacial score (nSPS) is 13.6. The number of benzene rings is 1. The van der Waals surface area contributed by atoms with Gasteiger partial charge in [-0.2, -0.15) is 5.10 Å². The minimum Gasteiger partial charge on any atom is -0.481 e. The van der Waals surface area contributed by atoms with E-state index in [1.165, 1.54) is 11.8 Å². The van der Waals surface area contributed by atoms with Crippen LogP contribution in [0.4, 0.5) is 0 Å². The molecule has 1 aliphatic carbocycles. The summed E-state index contributed by atoms with van der Waals surface area (Å²) in [6.45, 7) is 2.36. The third-order valence-corrected chi connectivity index (χ3v) is 5.52. The quantitative estimate of drug-likeness (QED) is 0.672. The maximum Gasteiger partial charge on any atom is 0.313 e. The number of thioether (sulfide) groups is 1. The summed E-state index contributed by atoms with van der Waals surface area (Å²) in [5, 5.41) is 16.6. The number of carbonyl (C=O) groups is 2. The van der Waals surface area contributed by atoms with Crippen LogP contribution >= 0.6 is 23.4 Å². The van der Waals surface area contributed by atoms with E-state index in [0.717, 1.165) is 29.8 Å². The Kier molecular flexibility index (Phi) is 5.88. The van der Waals surface area contributed by atoms with Crippen LogP contribution in [0.1, 0.15) is 40.4 Å². The van der Waals surface area contributed by atoms with Crippen LogP contribution in [0.15, 0.2) is 24.4 Å². The summed E-state index contributed by atoms with van der Waals surface area (Å²) in [6, 6.07) is 5.75. The van der Waals surface area contributed by atoms with E-state index in [1.807, 2.05) is 25.1 Å². The van der Waals surface area contributed by atoms with Crippen LogP contribution in [-0.2, 0) is 4.79 Å². The fourth-order valence-corrected chi connectivity index (χ4v) is 3.43. The van der Waals surface area contributed by atoms with Crippen LogP contribution in [0.2, 0.25) is 5.02 Å². The van der Waals surface area contributed by atoms with Gasteiger partial charge in [0.05, 0.1) is 28.9 Å². The van der Waals surface area contributed by atoms with E-state index in [9.17, 15) is 9.59 Å². The first-order valence-corrected chi connectivity index (χ1v) is 9.93. The van der Waals surface area contributed by atoms with Crippen LogP contribution in [0, 0.1) is 6.92 Å². The van der Waals surface area contributed by atoms with Crippen LogP contribution in [-0.4, -0.2) is 44.8 Å². The lowest BCUT2D eigenvalue weighted by Gasteiger charge is -2.10. The molecule has 6 nitrogen and oxygen atoms in total. The molecule has 1 aromatic heterocycles. The van der Waals surface area contributed by atoms with Gasteiger partial charge in [-0.1, -0.05) is 17.7 Å². The molecule has 1 amide bonds. The predicted octanol–water partition coefficient (Wildman–Crippen LogP) is 3.26. The van der Waals surface area contributed by atoms with Crippen molar-refractivity contribution >= 4 is 35.2 Å². The monoisotopic (exact) mass is 393 g/mol. The van der Waals surface area contributed by atoms with E-state index in [4.69, 9.17) is 16.7 Å². The number of carbonyl (C=O) groups excluding carboxylic acids is 1. The second-order valence-electron chi connectivity index (χ2n) is 6.27. The molecular formula is C18H20ClN3O3S. The third kappa shape index (κ3) is 4.40. The van der Waals surface area contributed by atoms with Crippen molar-refractivity contribution in [2.45, 2.75) is 25.7 Å². The number of halogens is 1. The summed E-state index contributed by atoms with van der Waals surface area (Å²) >= 11 is 7.51. The molecule has 0 spiro atoms. The van der Waals surface area contributed by atoms with E-state index in [1.54, 1.807) is 10.9 Å². The van der Waals surface area contributed by atoms with Gasteiger partial charge >= 0.3 is 5.97 Å². The molecular weight excluding hydrogens is 374 g/mol. The summed E-state index contributed by atoms with van der Waals surface area (Å²) in [5.41, 5.74) is 3.33. The van der Waals surface area contributed by atoms with Gasteiger partial charge in [-0.05, 0) is 37.5 Å². The van der Waals surface area contributed by atoms with E-state index < -0.39 is 5.97 Å². The first-order chi connectivity index (χ1) is 12.5. The van der Waals surface area contributed by atoms with Gasteiger partial charge in [0.1, 0.15) is 0 Å². The third-order valence-electron chi connectivity index (χ3n) is 4.17. The lowest BCUT2D eigenvalue weighted by atomic mass is 10.1. The van der Waals surface area contributed by atoms with E-state index >= 15 is 0 Å². The van der Waals surface area contributed by atoms with Gasteiger partial charge in [0, 0.05) is 23.2 Å². The average Bonchev–Trinajstić information content (AvgIpc) is 3.34. The minimum atomic E-state index is -0.851. The molecule has 2 aromatic rings. The van der Waals surface area contributed by atoms with Gasteiger partial charge in [-0.3, -0.25) is 9.59 Å². The van der Waals surface area contributed by atoms with Crippen molar-refractivity contribution in [3.63, 3.8) is 0 Å². The highest BCUT2D eigenvalue weighted by Crippen LogP contribution is 2.42. The SMILES string of the molecule is Cc1ccc(-n2ncc(C(=O)NCCSCC(=O)O)c2C2CC2)cc1Cl. The van der Waals surface area contributed by atoms with Gasteiger partial charge in [-0.25, -0.2) is 4.68 Å². The second kappa shape index (κ2) is 8.14. The fraction of sp³-hybridized carbons (Fsp3) is 0.389. The maximum absolute atomic E-state index is 12.5. The summed E-state index contributed by atoms with van der Waals surface area (Å²) in [6.07, 6.45) is 3.68. The number of carboxylic acids is 1. The van der Waals surface area contributed by atoms with Crippen molar-refractivity contribution < 1.29 is 14.7 Å². The van der Waals surface area contributed by atoms with Crippen LogP contribution in [0.3, 0.4) is 0 Å². The lowest BCUT2D eigenvalue weighted by molar-refractivity contribution is -0.133. The van der Waals surface area contributed by atoms with Gasteiger partial charge in [0.15, 0.2) is 0 Å². The number of amides is 1. The molecule has 8 heteroatoms. The Morgan fingerprint density at radius 2 is 2.19 bits per heavy atom. The highest BCUT2D eigenvalue weighted by atomic mass is 35.5. The number of aryl methyl sites for hydroxylation is 1. The van der Waals surface area contributed by atoms with Crippen molar-refractivity contribution in [1.29, 1.82) is 0 Å². The van der Waals surface area contributed by atoms with Crippen molar-refractivity contribution in [2.75, 3.05) is 18.1 Å². The van der Waals surface area contributed by atoms with Crippen molar-refractivity contribution in [1.82, 2.24) is 15.1 Å². The molecule has 0 saturated heterocycles. The van der Waals surface area contributed by atoms with Crippen LogP contribution in [0.25, 0.3) is 5.69 Å². The molecule has 0 radical (unpaired) electrons. The van der Waals surface area contributed by atoms with E-state index in [2.05, 4.69) is 10.4 Å². The number of aliphatic carboxylic acids is 1. The number of hydrogen-bond acceptors (Lipinski definition) is 4. The van der Waals surface area contributed by atoms with Crippen molar-refractivity contribution in [2.24, 2.45) is 0 Å². The number of aromatic nitrogens is 2. The summed E-state index contributed by atoms with van der Waals surface area (Å²) in [4.78, 5) is 23.0. The highest BCUT2D eigenvalue weighted by Gasteiger charge is 2.32. The van der Waals surface area contributed by atoms with Gasteiger partial charge in [0.25, 0.3) is 5.91 Å². The molecule has 1 fully saturated rings. The number of nitrogens with one attached hydrogen (secondary N) is 1. The zero-order valence-electron chi connectivity index (χ0n) is 14.4. The van der Waals surface area contributed by atoms with Crippen molar-refractivity contribution in [3.05, 3.63) is 46.2 Å². The Labute approximate surface area is 160 Å². The van der Waals surface area contributed by atoms with E-state index in [0.29, 0.717) is 28.8 Å². The fourth-order valence-electron chi connectivity index (χ4n) is 2.69. The van der Waals surface area contributed by atoms with Gasteiger partial charge < -0.3 is 10.4 Å². The highest BCUT2D eigenvalue weighted by molar-refractivity contribution is 7.99. The first-order valence-electron chi connectivity index (χ1n) is 8.39. The van der Waals surface area contributed by atoms with E-state index in [-0.39, 0.29) is 11.7 Å². The predicted molar refractivity (Wildman–Crippen MR) is 103 cm³/mol. The van der Waals surface area contributed by atoms with Gasteiger partial charge in [0.2, 0.25) is 0 Å². The number of hydrogen-bond donors (Lipinski definition) is 2. The molecule has 1 saturated carbocycles. The molecule has 0 atom stereocenters. The standard InChI is InChI=1S/C18H20ClN3O3S/c1-11-2-5-13(8-15(11)19)22-17(12-3-4-12)14(9-21-22)18(25)20-6-7-26-10-16(23)24/h2,5,8-9,12H,3-4,6-7,10H2,1H3,(H,20,25)(H,23,24). The minimum absolute atomic E-state index is 0.0370. The Morgan fingerprint density at radius 3 is 2.85 bits per heavy atom. The lowest BCUT2D eigenvalue weighted by Crippen LogP contribution is -2.26. The Balaban J connectivity index is 1.74. The first kappa shape index (κ1) is 18.8. The molecule has 1 heterocycles. The molecule has 26 heavy (non-hydrogen) atoms. The molecule has 2 N–H and O–H groups in total. The molecule has 0 aliphatic heterocycles. The Morgan fingerprint density at radius 1 is 1.42 bits per heavy atom.